The van der Waals surface area contributed by atoms with Crippen LogP contribution < -0.4 is 75.1 Å². The van der Waals surface area contributed by atoms with Gasteiger partial charge < -0.3 is 75.7 Å². The lowest BCUT2D eigenvalue weighted by molar-refractivity contribution is -0.132. The van der Waals surface area contributed by atoms with E-state index >= 15 is 0 Å². The standard InChI is InChI=1S/C68H60Br4Cl2N16O19S8/c69-49-25-35(26-50(70)59(49)91)33-77-85-61(93)57(79-43-17-9-41(73)10-18-43)63(95)87-89-67(112)83-47-15-7-39(55(31-47)116(103,104)105)3-1-37-5-13-45(29-53(37)114(97,98)99)81-65(110)75-21-23-109-24-22-76-66(111)82-46-14-6-38(54(30-46)115(100,101)102)2-4-40-8-16-48(32-56(40)117(106,107)108)84-68(113)90-88-64(96)58(80-44-19-11-42(74)12-20-44)62(94)86-78-34-36-27-51(71)60(92)52(72)28-36/h1-20,25-34,57-58,79-80,91-92H,21-24H2,(H,85,93)(H,86,94)(H,87,95)(H,88,96)(H2,75,81,110)(H2,76,82,111)(H2,83,89,112)(H2,84,90,113)(H,97,98,99)(H,100,101,102)(H,103,104,105)(H,106,107,108)/p-4/b3-1+,4-2+,77-33-,78-34-. The summed E-state index contributed by atoms with van der Waals surface area (Å²) in [6, 6.07) is 28.3. The second kappa shape index (κ2) is 42.3. The third-order valence-corrected chi connectivity index (χ3v) is 22.3. The molecular formula is C68H56Br4Cl2N16O19S8-4. The molecule has 8 aromatic rings. The molecule has 8 rings (SSSR count). The summed E-state index contributed by atoms with van der Waals surface area (Å²) in [7, 11) is -21.0. The van der Waals surface area contributed by atoms with Gasteiger partial charge in [0.2, 0.25) is 0 Å². The molecule has 0 fully saturated rings. The predicted octanol–water partition coefficient (Wildman–Crippen LogP) is 8.60. The smallest absolute Gasteiger partial charge is 0.272 e. The first kappa shape index (κ1) is 93.0. The summed E-state index contributed by atoms with van der Waals surface area (Å²) in [5, 5.41) is 49.5. The number of benzene rings is 8. The van der Waals surface area contributed by atoms with Gasteiger partial charge in [-0.3, -0.25) is 40.9 Å². The Morgan fingerprint density at radius 1 is 0.402 bits per heavy atom. The minimum Gasteiger partial charge on any atom is -0.744 e. The summed E-state index contributed by atoms with van der Waals surface area (Å²) in [6.07, 6.45) is 6.77. The molecule has 0 aliphatic carbocycles. The Balaban J connectivity index is 0.789. The van der Waals surface area contributed by atoms with Gasteiger partial charge >= 0.3 is 0 Å². The quantitative estimate of drug-likeness (QED) is 0.00381. The van der Waals surface area contributed by atoms with Gasteiger partial charge in [0.25, 0.3) is 23.6 Å². The van der Waals surface area contributed by atoms with E-state index in [0.29, 0.717) is 39.1 Å². The fourth-order valence-electron chi connectivity index (χ4n) is 9.57. The van der Waals surface area contributed by atoms with Crippen molar-refractivity contribution in [1.29, 1.82) is 0 Å². The molecule has 2 unspecified atom stereocenters. The van der Waals surface area contributed by atoms with Gasteiger partial charge in [-0.2, -0.15) is 10.2 Å². The molecule has 0 saturated carbocycles. The van der Waals surface area contributed by atoms with Crippen molar-refractivity contribution >= 4 is 291 Å². The van der Waals surface area contributed by atoms with Crippen molar-refractivity contribution in [1.82, 2.24) is 43.2 Å². The Kier molecular flexibility index (Phi) is 33.6. The van der Waals surface area contributed by atoms with Crippen molar-refractivity contribution in [3.05, 3.63) is 207 Å². The molecule has 4 amide bonds. The van der Waals surface area contributed by atoms with E-state index in [1.165, 1.54) is 122 Å². The second-order valence-corrected chi connectivity index (χ2v) is 34.6. The van der Waals surface area contributed by atoms with Crippen LogP contribution >= 0.6 is 136 Å². The molecule has 8 aromatic carbocycles. The van der Waals surface area contributed by atoms with E-state index in [9.17, 15) is 81.3 Å². The molecule has 0 heterocycles. The van der Waals surface area contributed by atoms with Crippen LogP contribution in [0.15, 0.2) is 193 Å². The fraction of sp³-hybridized carbons (Fsp3) is 0.0882. The Morgan fingerprint density at radius 2 is 0.667 bits per heavy atom. The van der Waals surface area contributed by atoms with E-state index < -0.39 is 95.8 Å². The Hall–Kier alpha value is -9.48. The molecule has 0 aromatic heterocycles. The largest absolute Gasteiger partial charge is 0.744 e. The summed E-state index contributed by atoms with van der Waals surface area (Å²) in [6.45, 7) is 0.237. The lowest BCUT2D eigenvalue weighted by atomic mass is 10.1. The van der Waals surface area contributed by atoms with Crippen LogP contribution in [0.1, 0.15) is 33.4 Å². The highest BCUT2D eigenvalue weighted by atomic mass is 79.9. The van der Waals surface area contributed by atoms with Crippen molar-refractivity contribution < 1.29 is 86.0 Å². The maximum Gasteiger partial charge on any atom is 0.272 e. The van der Waals surface area contributed by atoms with Crippen molar-refractivity contribution in [2.24, 2.45) is 10.2 Å². The zero-order chi connectivity index (χ0) is 85.7. The average Bonchev–Trinajstić information content (AvgIpc) is 0.763. The number of hydrazine groups is 2. The highest BCUT2D eigenvalue weighted by Gasteiger charge is 2.29. The van der Waals surface area contributed by atoms with Crippen LogP contribution in [0.25, 0.3) is 24.3 Å². The summed E-state index contributed by atoms with van der Waals surface area (Å²) in [5.74, 6) is -4.06. The number of rotatable bonds is 30. The van der Waals surface area contributed by atoms with Crippen molar-refractivity contribution in [2.45, 2.75) is 31.7 Å². The highest BCUT2D eigenvalue weighted by Crippen LogP contribution is 2.35. The number of nitrogens with one attached hydrogen (secondary N) is 14. The maximum atomic E-state index is 13.5. The lowest BCUT2D eigenvalue weighted by Gasteiger charge is -2.19. The van der Waals surface area contributed by atoms with Crippen molar-refractivity contribution in [3.8, 4) is 11.5 Å². The number of ether oxygens (including phenoxy) is 1. The molecule has 0 spiro atoms. The molecule has 0 bridgehead atoms. The number of thiocarbonyl (C=S) groups is 4. The van der Waals surface area contributed by atoms with Crippen LogP contribution in [0, 0.1) is 0 Å². The average molecular weight is 2050 g/mol. The molecule has 49 heteroatoms. The fourth-order valence-corrected chi connectivity index (χ4v) is 15.8. The monoisotopic (exact) mass is 2040 g/mol. The molecule has 0 saturated heterocycles. The maximum absolute atomic E-state index is 13.5. The van der Waals surface area contributed by atoms with Gasteiger partial charge in [0, 0.05) is 57.3 Å². The van der Waals surface area contributed by atoms with Crippen LogP contribution in [0.4, 0.5) is 34.1 Å². The zero-order valence-corrected chi connectivity index (χ0v) is 73.0. The molecule has 117 heavy (non-hydrogen) atoms. The van der Waals surface area contributed by atoms with E-state index in [4.69, 9.17) is 76.8 Å². The number of aromatic hydroxyl groups is 2. The number of amides is 4. The van der Waals surface area contributed by atoms with Crippen LogP contribution in [-0.4, -0.2) is 157 Å². The van der Waals surface area contributed by atoms with Gasteiger partial charge in [-0.15, -0.1) is 0 Å². The van der Waals surface area contributed by atoms with Crippen LogP contribution in [0.3, 0.4) is 0 Å². The highest BCUT2D eigenvalue weighted by molar-refractivity contribution is 9.11. The number of phenolic OH excluding ortho intramolecular Hbond substituents is 2. The Bertz CT molecular complexity index is 5420. The summed E-state index contributed by atoms with van der Waals surface area (Å²) in [5.41, 5.74) is 14.1. The third kappa shape index (κ3) is 28.9. The van der Waals surface area contributed by atoms with Crippen molar-refractivity contribution in [2.75, 3.05) is 58.2 Å². The van der Waals surface area contributed by atoms with E-state index in [1.807, 2.05) is 0 Å². The van der Waals surface area contributed by atoms with Crippen LogP contribution in [0.2, 0.25) is 10.0 Å². The predicted molar refractivity (Wildman–Crippen MR) is 466 cm³/mol. The van der Waals surface area contributed by atoms with Gasteiger partial charge in [0.05, 0.1) is 63.1 Å². The SMILES string of the molecule is O=C(N/N=C\c1cc(Br)c(O)c(Br)c1)C(Nc1ccc(Cl)cc1)C(=O)NNC(=S)Nc1ccc(/C=C/c2ccc(NC(=S)NCCOCCNC(=S)Nc3ccc(/C=C/c4ccc(NC(=S)NNC(=O)C(Nc5ccc(Cl)cc5)C(=O)N/N=C\c5cc(Br)c(O)c(Br)c5)cc4S(=O)(=O)[O-])c(S(=O)(=O)[O-])c3)cc2S(=O)(=O)[O-])c(S(=O)(=O)[O-])c1. The van der Waals surface area contributed by atoms with Gasteiger partial charge in [0.1, 0.15) is 52.0 Å². The molecule has 0 radical (unpaired) electrons. The molecular weight excluding hydrogens is 1990 g/mol. The Labute approximate surface area is 731 Å². The number of carbonyl (C=O) groups is 4. The van der Waals surface area contributed by atoms with Gasteiger partial charge in [-0.05, 0) is 267 Å². The van der Waals surface area contributed by atoms with Crippen LogP contribution in [-0.2, 0) is 64.4 Å². The molecule has 16 N–H and O–H groups in total. The lowest BCUT2D eigenvalue weighted by Crippen LogP contribution is -2.54. The van der Waals surface area contributed by atoms with E-state index in [2.05, 4.69) is 149 Å². The van der Waals surface area contributed by atoms with Crippen LogP contribution in [0.5, 0.6) is 11.5 Å². The minimum absolute atomic E-state index is 0.0283. The molecule has 0 aliphatic heterocycles. The van der Waals surface area contributed by atoms with Crippen molar-refractivity contribution in [3.63, 3.8) is 0 Å². The van der Waals surface area contributed by atoms with Gasteiger partial charge in [-0.25, -0.2) is 44.5 Å². The number of hydrazone groups is 2. The third-order valence-electron chi connectivity index (χ3n) is 14.9. The molecule has 2 atom stereocenters. The first-order valence-electron chi connectivity index (χ1n) is 32.3. The number of halogens is 6. The number of anilines is 6. The number of hydrogen-bond acceptors (Lipinski definition) is 27. The number of hydrogen-bond donors (Lipinski definition) is 16. The summed E-state index contributed by atoms with van der Waals surface area (Å²) < 4.78 is 158. The number of carbonyl (C=O) groups excluding carboxylic acids is 4. The van der Waals surface area contributed by atoms with Gasteiger partial charge in [-0.1, -0.05) is 71.8 Å². The van der Waals surface area contributed by atoms with E-state index in [-0.39, 0.29) is 115 Å². The normalized spacial score (nSPS) is 12.3. The molecule has 616 valence electrons. The summed E-state index contributed by atoms with van der Waals surface area (Å²) >= 11 is 46.0. The van der Waals surface area contributed by atoms with E-state index in [1.54, 1.807) is 0 Å². The Morgan fingerprint density at radius 3 is 0.940 bits per heavy atom. The first-order chi connectivity index (χ1) is 55.1. The zero-order valence-electron chi connectivity index (χ0n) is 58.6. The number of phenols is 2. The molecule has 0 aliphatic rings. The van der Waals surface area contributed by atoms with Gasteiger partial charge in [0.15, 0.2) is 32.5 Å². The van der Waals surface area contributed by atoms with E-state index in [0.717, 1.165) is 60.7 Å². The number of nitrogens with zero attached hydrogens (tertiary/aromatic N) is 2. The summed E-state index contributed by atoms with van der Waals surface area (Å²) in [4.78, 5) is 50.4. The first-order valence-corrected chi connectivity index (χ1v) is 43.5. The topological polar surface area (TPSA) is 540 Å². The second-order valence-electron chi connectivity index (χ2n) is 23.3. The molecule has 35 nitrogen and oxygen atoms in total. The minimum atomic E-state index is -5.28.